The van der Waals surface area contributed by atoms with Crippen molar-refractivity contribution in [1.82, 2.24) is 15.0 Å². The van der Waals surface area contributed by atoms with Crippen LogP contribution in [0.2, 0.25) is 0 Å². The number of benzene rings is 1. The Balaban J connectivity index is 1.82. The molecule has 1 amide bonds. The number of aromatic nitrogens is 3. The number of para-hydroxylation sites is 1. The lowest BCUT2D eigenvalue weighted by Crippen LogP contribution is -2.24. The van der Waals surface area contributed by atoms with Gasteiger partial charge in [0.2, 0.25) is 17.7 Å². The molecule has 1 aliphatic rings. The lowest BCUT2D eigenvalue weighted by atomic mass is 10.3. The molecule has 0 atom stereocenters. The molecular weight excluding hydrogens is 268 g/mol. The van der Waals surface area contributed by atoms with Gasteiger partial charge < -0.3 is 16.0 Å². The predicted molar refractivity (Wildman–Crippen MR) is 80.1 cm³/mol. The molecule has 108 valence electrons. The fourth-order valence-corrected chi connectivity index (χ4v) is 2.25. The van der Waals surface area contributed by atoms with Crippen LogP contribution in [0.4, 0.5) is 17.6 Å². The minimum absolute atomic E-state index is 0.0354. The number of amides is 1. The number of carbonyl (C=O) groups excluding carboxylic acids is 1. The number of anilines is 3. The lowest BCUT2D eigenvalue weighted by molar-refractivity contribution is 0.101. The van der Waals surface area contributed by atoms with Crippen molar-refractivity contribution in [2.24, 2.45) is 0 Å². The maximum Gasteiger partial charge on any atom is 0.293 e. The van der Waals surface area contributed by atoms with Crippen LogP contribution in [-0.4, -0.2) is 33.9 Å². The predicted octanol–water partition coefficient (Wildman–Crippen LogP) is 1.31. The monoisotopic (exact) mass is 284 g/mol. The van der Waals surface area contributed by atoms with E-state index in [1.807, 2.05) is 23.1 Å². The van der Waals surface area contributed by atoms with Gasteiger partial charge in [0, 0.05) is 18.8 Å². The van der Waals surface area contributed by atoms with E-state index in [2.05, 4.69) is 20.3 Å². The minimum atomic E-state index is -0.393. The van der Waals surface area contributed by atoms with Crippen LogP contribution >= 0.6 is 0 Å². The van der Waals surface area contributed by atoms with Crippen LogP contribution in [0.5, 0.6) is 0 Å². The molecule has 0 bridgehead atoms. The highest BCUT2D eigenvalue weighted by Crippen LogP contribution is 2.16. The van der Waals surface area contributed by atoms with E-state index in [0.29, 0.717) is 11.6 Å². The van der Waals surface area contributed by atoms with Gasteiger partial charge in [-0.25, -0.2) is 0 Å². The molecule has 7 nitrogen and oxygen atoms in total. The molecule has 0 aliphatic carbocycles. The standard InChI is InChI=1S/C14H16N6O/c15-13-17-11(12(21)16-10-6-2-1-3-7-10)18-14(19-13)20-8-4-5-9-20/h1-3,6-7H,4-5,8-9H2,(H,16,21)(H2,15,17,18,19). The Bertz CT molecular complexity index is 639. The lowest BCUT2D eigenvalue weighted by Gasteiger charge is -2.15. The molecule has 3 rings (SSSR count). The van der Waals surface area contributed by atoms with Gasteiger partial charge in [0.15, 0.2) is 0 Å². The van der Waals surface area contributed by atoms with Crippen molar-refractivity contribution >= 4 is 23.5 Å². The second-order valence-corrected chi connectivity index (χ2v) is 4.83. The average molecular weight is 284 g/mol. The zero-order chi connectivity index (χ0) is 14.7. The first-order valence-electron chi connectivity index (χ1n) is 6.85. The maximum absolute atomic E-state index is 12.2. The first-order chi connectivity index (χ1) is 10.2. The van der Waals surface area contributed by atoms with Crippen molar-refractivity contribution in [1.29, 1.82) is 0 Å². The summed E-state index contributed by atoms with van der Waals surface area (Å²) in [4.78, 5) is 26.5. The van der Waals surface area contributed by atoms with Crippen molar-refractivity contribution in [2.75, 3.05) is 29.0 Å². The molecule has 0 spiro atoms. The molecule has 1 fully saturated rings. The third-order valence-corrected chi connectivity index (χ3v) is 3.26. The largest absolute Gasteiger partial charge is 0.368 e. The van der Waals surface area contributed by atoms with Gasteiger partial charge in [0.1, 0.15) is 0 Å². The zero-order valence-electron chi connectivity index (χ0n) is 11.5. The summed E-state index contributed by atoms with van der Waals surface area (Å²) in [7, 11) is 0. The highest BCUT2D eigenvalue weighted by Gasteiger charge is 2.19. The van der Waals surface area contributed by atoms with Crippen LogP contribution in [0.3, 0.4) is 0 Å². The Labute approximate surface area is 122 Å². The summed E-state index contributed by atoms with van der Waals surface area (Å²) in [5.74, 6) is 0.173. The molecular formula is C14H16N6O. The van der Waals surface area contributed by atoms with E-state index in [0.717, 1.165) is 25.9 Å². The van der Waals surface area contributed by atoms with Crippen molar-refractivity contribution < 1.29 is 4.79 Å². The Morgan fingerprint density at radius 3 is 2.52 bits per heavy atom. The Morgan fingerprint density at radius 1 is 1.10 bits per heavy atom. The fraction of sp³-hybridized carbons (Fsp3) is 0.286. The molecule has 1 aromatic heterocycles. The fourth-order valence-electron chi connectivity index (χ4n) is 2.25. The van der Waals surface area contributed by atoms with Gasteiger partial charge in [-0.05, 0) is 25.0 Å². The quantitative estimate of drug-likeness (QED) is 0.882. The molecule has 7 heteroatoms. The van der Waals surface area contributed by atoms with Gasteiger partial charge in [0.25, 0.3) is 5.91 Å². The summed E-state index contributed by atoms with van der Waals surface area (Å²) in [6, 6.07) is 9.15. The Morgan fingerprint density at radius 2 is 1.81 bits per heavy atom. The maximum atomic E-state index is 12.2. The minimum Gasteiger partial charge on any atom is -0.368 e. The second-order valence-electron chi connectivity index (χ2n) is 4.83. The van der Waals surface area contributed by atoms with E-state index in [1.165, 1.54) is 0 Å². The van der Waals surface area contributed by atoms with Gasteiger partial charge in [-0.15, -0.1) is 0 Å². The molecule has 0 saturated carbocycles. The topological polar surface area (TPSA) is 97.0 Å². The highest BCUT2D eigenvalue weighted by molar-refractivity contribution is 6.01. The molecule has 21 heavy (non-hydrogen) atoms. The molecule has 1 aliphatic heterocycles. The van der Waals surface area contributed by atoms with E-state index in [9.17, 15) is 4.79 Å². The number of hydrogen-bond acceptors (Lipinski definition) is 6. The van der Waals surface area contributed by atoms with Crippen LogP contribution < -0.4 is 16.0 Å². The van der Waals surface area contributed by atoms with Crippen LogP contribution in [0.25, 0.3) is 0 Å². The second kappa shape index (κ2) is 5.74. The van der Waals surface area contributed by atoms with Gasteiger partial charge in [-0.1, -0.05) is 18.2 Å². The number of nitrogen functional groups attached to an aromatic ring is 1. The molecule has 3 N–H and O–H groups in total. The number of rotatable bonds is 3. The first-order valence-corrected chi connectivity index (χ1v) is 6.85. The summed E-state index contributed by atoms with van der Waals surface area (Å²) < 4.78 is 0. The Hall–Kier alpha value is -2.70. The first kappa shape index (κ1) is 13.3. The normalized spacial score (nSPS) is 14.2. The number of nitrogens with one attached hydrogen (secondary N) is 1. The smallest absolute Gasteiger partial charge is 0.293 e. The van der Waals surface area contributed by atoms with E-state index < -0.39 is 5.91 Å². The zero-order valence-corrected chi connectivity index (χ0v) is 11.5. The summed E-state index contributed by atoms with van der Waals surface area (Å²) in [6.07, 6.45) is 2.19. The van der Waals surface area contributed by atoms with Gasteiger partial charge in [-0.2, -0.15) is 15.0 Å². The summed E-state index contributed by atoms with van der Waals surface area (Å²) >= 11 is 0. The number of nitrogens with zero attached hydrogens (tertiary/aromatic N) is 4. The molecule has 1 saturated heterocycles. The third-order valence-electron chi connectivity index (χ3n) is 3.26. The van der Waals surface area contributed by atoms with E-state index >= 15 is 0 Å². The summed E-state index contributed by atoms with van der Waals surface area (Å²) in [6.45, 7) is 1.76. The van der Waals surface area contributed by atoms with Crippen molar-refractivity contribution in [3.8, 4) is 0 Å². The SMILES string of the molecule is Nc1nc(C(=O)Nc2ccccc2)nc(N2CCCC2)n1. The van der Waals surface area contributed by atoms with Crippen molar-refractivity contribution in [2.45, 2.75) is 12.8 Å². The van der Waals surface area contributed by atoms with Crippen molar-refractivity contribution in [3.05, 3.63) is 36.2 Å². The third kappa shape index (κ3) is 3.07. The summed E-state index contributed by atoms with van der Waals surface area (Å²) in [5, 5.41) is 2.74. The molecule has 1 aromatic carbocycles. The number of carbonyl (C=O) groups is 1. The van der Waals surface area contributed by atoms with Crippen molar-refractivity contribution in [3.63, 3.8) is 0 Å². The summed E-state index contributed by atoms with van der Waals surface area (Å²) in [5.41, 5.74) is 6.37. The van der Waals surface area contributed by atoms with Crippen LogP contribution in [0.1, 0.15) is 23.5 Å². The number of nitrogens with two attached hydrogens (primary N) is 1. The van der Waals surface area contributed by atoms with Crippen LogP contribution in [0, 0.1) is 0 Å². The Kier molecular flexibility index (Phi) is 3.63. The number of hydrogen-bond donors (Lipinski definition) is 2. The van der Waals surface area contributed by atoms with E-state index in [-0.39, 0.29) is 11.8 Å². The van der Waals surface area contributed by atoms with Gasteiger partial charge >= 0.3 is 0 Å². The molecule has 0 radical (unpaired) electrons. The van der Waals surface area contributed by atoms with Crippen LogP contribution in [-0.2, 0) is 0 Å². The highest BCUT2D eigenvalue weighted by atomic mass is 16.2. The van der Waals surface area contributed by atoms with E-state index in [1.54, 1.807) is 12.1 Å². The van der Waals surface area contributed by atoms with Gasteiger partial charge in [0.05, 0.1) is 0 Å². The average Bonchev–Trinajstić information content (AvgIpc) is 3.02. The molecule has 2 aromatic rings. The van der Waals surface area contributed by atoms with Crippen LogP contribution in [0.15, 0.2) is 30.3 Å². The molecule has 0 unspecified atom stereocenters. The van der Waals surface area contributed by atoms with Gasteiger partial charge in [-0.3, -0.25) is 4.79 Å². The van der Waals surface area contributed by atoms with E-state index in [4.69, 9.17) is 5.73 Å². The molecule has 2 heterocycles.